The van der Waals surface area contributed by atoms with E-state index in [0.717, 1.165) is 5.56 Å². The molecular weight excluding hydrogens is 290 g/mol. The van der Waals surface area contributed by atoms with Crippen molar-refractivity contribution in [2.24, 2.45) is 5.92 Å². The number of aromatic nitrogens is 1. The third-order valence-corrected chi connectivity index (χ3v) is 4.00. The number of benzene rings is 1. The monoisotopic (exact) mass is 309 g/mol. The molecule has 0 radical (unpaired) electrons. The molecule has 1 aromatic heterocycles. The minimum atomic E-state index is -0.531. The highest BCUT2D eigenvalue weighted by atomic mass is 16.2. The van der Waals surface area contributed by atoms with E-state index < -0.39 is 6.04 Å². The lowest BCUT2D eigenvalue weighted by Crippen LogP contribution is -2.47. The van der Waals surface area contributed by atoms with Crippen LogP contribution in [0.25, 0.3) is 0 Å². The van der Waals surface area contributed by atoms with Crippen LogP contribution < -0.4 is 5.32 Å². The van der Waals surface area contributed by atoms with Crippen molar-refractivity contribution in [3.63, 3.8) is 0 Å². The van der Waals surface area contributed by atoms with E-state index in [2.05, 4.69) is 10.3 Å². The fraction of sp³-hybridized carbons (Fsp3) is 0.278. The summed E-state index contributed by atoms with van der Waals surface area (Å²) in [6.07, 6.45) is 1.62. The molecule has 23 heavy (non-hydrogen) atoms. The van der Waals surface area contributed by atoms with E-state index in [1.54, 1.807) is 23.2 Å². The van der Waals surface area contributed by atoms with E-state index in [9.17, 15) is 9.59 Å². The Morgan fingerprint density at radius 1 is 1.17 bits per heavy atom. The van der Waals surface area contributed by atoms with Crippen molar-refractivity contribution in [3.8, 4) is 0 Å². The highest BCUT2D eigenvalue weighted by Gasteiger charge is 2.37. The van der Waals surface area contributed by atoms with Crippen LogP contribution in [0.2, 0.25) is 0 Å². The summed E-state index contributed by atoms with van der Waals surface area (Å²) in [4.78, 5) is 31.1. The Labute approximate surface area is 135 Å². The molecule has 0 saturated heterocycles. The van der Waals surface area contributed by atoms with Gasteiger partial charge < -0.3 is 10.2 Å². The van der Waals surface area contributed by atoms with Crippen molar-refractivity contribution in [1.82, 2.24) is 9.88 Å². The maximum atomic E-state index is 12.7. The Kier molecular flexibility index (Phi) is 4.10. The molecule has 1 atom stereocenters. The number of carbonyl (C=O) groups is 2. The zero-order valence-electron chi connectivity index (χ0n) is 13.2. The lowest BCUT2D eigenvalue weighted by atomic mass is 10.0. The fourth-order valence-electron chi connectivity index (χ4n) is 2.94. The Balaban J connectivity index is 1.83. The van der Waals surface area contributed by atoms with Gasteiger partial charge in [0.15, 0.2) is 0 Å². The van der Waals surface area contributed by atoms with Gasteiger partial charge in [0.1, 0.15) is 11.9 Å². The molecule has 0 bridgehead atoms. The second kappa shape index (κ2) is 6.20. The van der Waals surface area contributed by atoms with Crippen molar-refractivity contribution in [2.45, 2.75) is 26.4 Å². The molecule has 0 aliphatic carbocycles. The number of anilines is 1. The molecule has 0 spiro atoms. The first-order valence-corrected chi connectivity index (χ1v) is 7.68. The van der Waals surface area contributed by atoms with E-state index in [-0.39, 0.29) is 17.7 Å². The number of rotatable bonds is 4. The minimum absolute atomic E-state index is 0.00280. The Hall–Kier alpha value is -2.69. The molecule has 0 saturated carbocycles. The molecule has 1 N–H and O–H groups in total. The van der Waals surface area contributed by atoms with Gasteiger partial charge in [-0.1, -0.05) is 38.1 Å². The number of nitrogens with zero attached hydrogens (tertiary/aromatic N) is 2. The van der Waals surface area contributed by atoms with Gasteiger partial charge in [-0.2, -0.15) is 0 Å². The standard InChI is InChI=1S/C18H19N3O2/c1-12(2)16(17(22)20-15-9-5-6-10-19-15)21-11-13-7-3-4-8-14(13)18(21)23/h3-10,12,16H,11H2,1-2H3,(H,19,20,22)/t16-/m0/s1. The van der Waals surface area contributed by atoms with Crippen molar-refractivity contribution in [1.29, 1.82) is 0 Å². The normalized spacial score (nSPS) is 14.7. The maximum Gasteiger partial charge on any atom is 0.255 e. The average Bonchev–Trinajstić information content (AvgIpc) is 2.85. The van der Waals surface area contributed by atoms with Crippen LogP contribution >= 0.6 is 0 Å². The number of carbonyl (C=O) groups excluding carboxylic acids is 2. The molecule has 5 heteroatoms. The van der Waals surface area contributed by atoms with Crippen LogP contribution in [0.3, 0.4) is 0 Å². The molecule has 5 nitrogen and oxygen atoms in total. The van der Waals surface area contributed by atoms with Gasteiger partial charge in [0, 0.05) is 18.3 Å². The van der Waals surface area contributed by atoms with E-state index in [1.165, 1.54) is 0 Å². The van der Waals surface area contributed by atoms with Crippen LogP contribution in [0.1, 0.15) is 29.8 Å². The molecule has 0 unspecified atom stereocenters. The second-order valence-corrected chi connectivity index (χ2v) is 5.98. The van der Waals surface area contributed by atoms with Gasteiger partial charge >= 0.3 is 0 Å². The van der Waals surface area contributed by atoms with Crippen LogP contribution in [0, 0.1) is 5.92 Å². The smallest absolute Gasteiger partial charge is 0.255 e. The molecule has 1 aliphatic rings. The quantitative estimate of drug-likeness (QED) is 0.944. The van der Waals surface area contributed by atoms with E-state index >= 15 is 0 Å². The third kappa shape index (κ3) is 2.95. The Morgan fingerprint density at radius 2 is 1.91 bits per heavy atom. The predicted molar refractivity (Wildman–Crippen MR) is 87.8 cm³/mol. The molecule has 0 fully saturated rings. The lowest BCUT2D eigenvalue weighted by Gasteiger charge is -2.29. The molecule has 3 rings (SSSR count). The molecular formula is C18H19N3O2. The molecule has 1 aliphatic heterocycles. The molecule has 2 aromatic rings. The third-order valence-electron chi connectivity index (χ3n) is 4.00. The van der Waals surface area contributed by atoms with E-state index in [0.29, 0.717) is 17.9 Å². The van der Waals surface area contributed by atoms with Crippen molar-refractivity contribution >= 4 is 17.6 Å². The topological polar surface area (TPSA) is 62.3 Å². The Bertz CT molecular complexity index is 728. The number of hydrogen-bond acceptors (Lipinski definition) is 3. The zero-order chi connectivity index (χ0) is 16.4. The van der Waals surface area contributed by atoms with Crippen molar-refractivity contribution in [2.75, 3.05) is 5.32 Å². The summed E-state index contributed by atoms with van der Waals surface area (Å²) in [7, 11) is 0. The summed E-state index contributed by atoms with van der Waals surface area (Å²) < 4.78 is 0. The summed E-state index contributed by atoms with van der Waals surface area (Å²) >= 11 is 0. The van der Waals surface area contributed by atoms with E-state index in [4.69, 9.17) is 0 Å². The fourth-order valence-corrected chi connectivity index (χ4v) is 2.94. The summed E-state index contributed by atoms with van der Waals surface area (Å²) in [5.74, 6) is 0.194. The number of pyridine rings is 1. The van der Waals surface area contributed by atoms with Gasteiger partial charge in [0.05, 0.1) is 0 Å². The number of hydrogen-bond donors (Lipinski definition) is 1. The lowest BCUT2D eigenvalue weighted by molar-refractivity contribution is -0.122. The van der Waals surface area contributed by atoms with E-state index in [1.807, 2.05) is 44.2 Å². The molecule has 2 heterocycles. The van der Waals surface area contributed by atoms with Crippen LogP contribution in [0.4, 0.5) is 5.82 Å². The zero-order valence-corrected chi connectivity index (χ0v) is 13.2. The molecule has 118 valence electrons. The van der Waals surface area contributed by atoms with Gasteiger partial charge in [-0.05, 0) is 29.7 Å². The SMILES string of the molecule is CC(C)[C@@H](C(=O)Nc1ccccn1)N1Cc2ccccc2C1=O. The summed E-state index contributed by atoms with van der Waals surface area (Å²) in [6, 6.07) is 12.3. The summed E-state index contributed by atoms with van der Waals surface area (Å²) in [6.45, 7) is 4.35. The number of fused-ring (bicyclic) bond motifs is 1. The van der Waals surface area contributed by atoms with Crippen molar-refractivity contribution in [3.05, 3.63) is 59.8 Å². The van der Waals surface area contributed by atoms with Crippen molar-refractivity contribution < 1.29 is 9.59 Å². The van der Waals surface area contributed by atoms with Crippen LogP contribution in [-0.2, 0) is 11.3 Å². The van der Waals surface area contributed by atoms with Gasteiger partial charge in [-0.15, -0.1) is 0 Å². The van der Waals surface area contributed by atoms with Gasteiger partial charge in [0.2, 0.25) is 5.91 Å². The minimum Gasteiger partial charge on any atom is -0.322 e. The largest absolute Gasteiger partial charge is 0.322 e. The van der Waals surface area contributed by atoms with Gasteiger partial charge in [0.25, 0.3) is 5.91 Å². The predicted octanol–water partition coefficient (Wildman–Crippen LogP) is 2.70. The highest BCUT2D eigenvalue weighted by Crippen LogP contribution is 2.27. The maximum absolute atomic E-state index is 12.7. The van der Waals surface area contributed by atoms with Gasteiger partial charge in [-0.3, -0.25) is 9.59 Å². The van der Waals surface area contributed by atoms with Crippen LogP contribution in [-0.4, -0.2) is 27.7 Å². The number of amides is 2. The molecule has 1 aromatic carbocycles. The summed E-state index contributed by atoms with van der Waals surface area (Å²) in [5.41, 5.74) is 1.65. The number of nitrogens with one attached hydrogen (secondary N) is 1. The Morgan fingerprint density at radius 3 is 2.57 bits per heavy atom. The highest BCUT2D eigenvalue weighted by molar-refractivity contribution is 6.03. The first-order chi connectivity index (χ1) is 11.1. The van der Waals surface area contributed by atoms with Gasteiger partial charge in [-0.25, -0.2) is 4.98 Å². The van der Waals surface area contributed by atoms with Crippen LogP contribution in [0.15, 0.2) is 48.7 Å². The average molecular weight is 309 g/mol. The molecule has 2 amide bonds. The second-order valence-electron chi connectivity index (χ2n) is 5.98. The first-order valence-electron chi connectivity index (χ1n) is 7.68. The summed E-state index contributed by atoms with van der Waals surface area (Å²) in [5, 5.41) is 2.80. The van der Waals surface area contributed by atoms with Crippen LogP contribution in [0.5, 0.6) is 0 Å². The first kappa shape index (κ1) is 15.2.